The van der Waals surface area contributed by atoms with E-state index in [0.717, 1.165) is 15.6 Å². The molecule has 2 rings (SSSR count). The fourth-order valence-corrected chi connectivity index (χ4v) is 3.85. The maximum atomic E-state index is 12.3. The van der Waals surface area contributed by atoms with Crippen molar-refractivity contribution in [3.63, 3.8) is 0 Å². The van der Waals surface area contributed by atoms with Crippen LogP contribution in [0.3, 0.4) is 0 Å². The van der Waals surface area contributed by atoms with Gasteiger partial charge in [-0.2, -0.15) is 0 Å². The summed E-state index contributed by atoms with van der Waals surface area (Å²) in [6.07, 6.45) is 0.712. The molecule has 5 heteroatoms. The van der Waals surface area contributed by atoms with E-state index in [9.17, 15) is 8.42 Å². The molecule has 0 aliphatic heterocycles. The quantitative estimate of drug-likeness (QED) is 0.837. The molecule has 1 unspecified atom stereocenters. The molecule has 21 heavy (non-hydrogen) atoms. The Kier molecular flexibility index (Phi) is 5.56. The molecule has 3 nitrogen and oxygen atoms in total. The van der Waals surface area contributed by atoms with Crippen LogP contribution in [-0.4, -0.2) is 8.42 Å². The first-order chi connectivity index (χ1) is 10.00. The summed E-state index contributed by atoms with van der Waals surface area (Å²) in [6.45, 7) is 1.97. The molecule has 0 aliphatic rings. The zero-order chi connectivity index (χ0) is 15.3. The first kappa shape index (κ1) is 16.2. The van der Waals surface area contributed by atoms with Gasteiger partial charge in [-0.15, -0.1) is 0 Å². The van der Waals surface area contributed by atoms with Crippen molar-refractivity contribution in [3.05, 3.63) is 70.2 Å². The van der Waals surface area contributed by atoms with Gasteiger partial charge in [0.05, 0.1) is 5.75 Å². The highest BCUT2D eigenvalue weighted by Crippen LogP contribution is 2.19. The lowest BCUT2D eigenvalue weighted by atomic mass is 10.1. The van der Waals surface area contributed by atoms with Crippen molar-refractivity contribution in [2.24, 2.45) is 0 Å². The van der Waals surface area contributed by atoms with Crippen molar-refractivity contribution in [2.75, 3.05) is 0 Å². The van der Waals surface area contributed by atoms with Gasteiger partial charge in [-0.25, -0.2) is 13.1 Å². The molecule has 0 aromatic heterocycles. The second-order valence-electron chi connectivity index (χ2n) is 4.87. The van der Waals surface area contributed by atoms with E-state index in [1.165, 1.54) is 0 Å². The van der Waals surface area contributed by atoms with Crippen molar-refractivity contribution >= 4 is 26.0 Å². The lowest BCUT2D eigenvalue weighted by molar-refractivity contribution is 0.549. The summed E-state index contributed by atoms with van der Waals surface area (Å²) in [5, 5.41) is 0. The summed E-state index contributed by atoms with van der Waals surface area (Å²) in [6, 6.07) is 16.8. The maximum Gasteiger partial charge on any atom is 0.216 e. The Morgan fingerprint density at radius 3 is 2.24 bits per heavy atom. The highest BCUT2D eigenvalue weighted by molar-refractivity contribution is 9.10. The van der Waals surface area contributed by atoms with E-state index in [0.29, 0.717) is 6.42 Å². The van der Waals surface area contributed by atoms with Crippen LogP contribution in [0.4, 0.5) is 0 Å². The number of sulfonamides is 1. The molecule has 0 heterocycles. The summed E-state index contributed by atoms with van der Waals surface area (Å²) >= 11 is 3.34. The van der Waals surface area contributed by atoms with Gasteiger partial charge in [-0.3, -0.25) is 0 Å². The van der Waals surface area contributed by atoms with Crippen molar-refractivity contribution in [3.8, 4) is 0 Å². The number of hydrogen-bond donors (Lipinski definition) is 1. The van der Waals surface area contributed by atoms with Crippen LogP contribution in [0.5, 0.6) is 0 Å². The van der Waals surface area contributed by atoms with Crippen LogP contribution in [-0.2, 0) is 15.8 Å². The van der Waals surface area contributed by atoms with Gasteiger partial charge in [0.1, 0.15) is 0 Å². The standard InChI is InChI=1S/C16H18BrNO2S/c1-2-16(14-6-4-3-5-7-14)18-21(19,20)12-13-8-10-15(17)11-9-13/h3-11,16,18H,2,12H2,1H3. The first-order valence-corrected chi connectivity index (χ1v) is 9.24. The SMILES string of the molecule is CCC(NS(=O)(=O)Cc1ccc(Br)cc1)c1ccccc1. The molecule has 0 fully saturated rings. The van der Waals surface area contributed by atoms with Crippen LogP contribution in [0.15, 0.2) is 59.1 Å². The minimum atomic E-state index is -3.37. The summed E-state index contributed by atoms with van der Waals surface area (Å²) in [5.74, 6) is -0.0103. The molecule has 2 aromatic rings. The molecule has 1 atom stereocenters. The van der Waals surface area contributed by atoms with E-state index in [-0.39, 0.29) is 11.8 Å². The van der Waals surface area contributed by atoms with Gasteiger partial charge in [0.15, 0.2) is 0 Å². The van der Waals surface area contributed by atoms with Crippen LogP contribution in [0.1, 0.15) is 30.5 Å². The van der Waals surface area contributed by atoms with Gasteiger partial charge in [0.25, 0.3) is 0 Å². The van der Waals surface area contributed by atoms with Gasteiger partial charge in [-0.05, 0) is 29.7 Å². The van der Waals surface area contributed by atoms with Crippen LogP contribution in [0, 0.1) is 0 Å². The van der Waals surface area contributed by atoms with Crippen LogP contribution < -0.4 is 4.72 Å². The van der Waals surface area contributed by atoms with Gasteiger partial charge >= 0.3 is 0 Å². The normalized spacial score (nSPS) is 13.0. The van der Waals surface area contributed by atoms with E-state index in [1.807, 2.05) is 61.5 Å². The first-order valence-electron chi connectivity index (χ1n) is 6.79. The number of nitrogens with one attached hydrogen (secondary N) is 1. The lowest BCUT2D eigenvalue weighted by Crippen LogP contribution is -2.29. The molecule has 0 aliphatic carbocycles. The van der Waals surface area contributed by atoms with E-state index in [1.54, 1.807) is 0 Å². The van der Waals surface area contributed by atoms with Crippen molar-refractivity contribution in [2.45, 2.75) is 25.1 Å². The number of halogens is 1. The van der Waals surface area contributed by atoms with Crippen LogP contribution in [0.2, 0.25) is 0 Å². The van der Waals surface area contributed by atoms with Crippen molar-refractivity contribution in [1.29, 1.82) is 0 Å². The molecule has 0 saturated heterocycles. The number of rotatable bonds is 6. The molecule has 0 radical (unpaired) electrons. The average Bonchev–Trinajstić information content (AvgIpc) is 2.48. The zero-order valence-corrected chi connectivity index (χ0v) is 14.2. The highest BCUT2D eigenvalue weighted by Gasteiger charge is 2.18. The zero-order valence-electron chi connectivity index (χ0n) is 11.8. The smallest absolute Gasteiger partial charge is 0.212 e. The van der Waals surface area contributed by atoms with Gasteiger partial charge < -0.3 is 0 Å². The number of hydrogen-bond acceptors (Lipinski definition) is 2. The maximum absolute atomic E-state index is 12.3. The molecule has 1 N–H and O–H groups in total. The fourth-order valence-electron chi connectivity index (χ4n) is 2.13. The second-order valence-corrected chi connectivity index (χ2v) is 7.54. The Labute approximate surface area is 134 Å². The summed E-state index contributed by atoms with van der Waals surface area (Å²) in [5.41, 5.74) is 1.76. The minimum absolute atomic E-state index is 0.0103. The molecule has 112 valence electrons. The third-order valence-electron chi connectivity index (χ3n) is 3.20. The van der Waals surface area contributed by atoms with Crippen LogP contribution in [0.25, 0.3) is 0 Å². The Hall–Kier alpha value is -1.17. The fraction of sp³-hybridized carbons (Fsp3) is 0.250. The third kappa shape index (κ3) is 4.95. The summed E-state index contributed by atoms with van der Waals surface area (Å²) in [4.78, 5) is 0. The van der Waals surface area contributed by atoms with E-state index in [4.69, 9.17) is 0 Å². The van der Waals surface area contributed by atoms with Crippen LogP contribution >= 0.6 is 15.9 Å². The van der Waals surface area contributed by atoms with Gasteiger partial charge in [0.2, 0.25) is 10.0 Å². The average molecular weight is 368 g/mol. The topological polar surface area (TPSA) is 46.2 Å². The predicted octanol–water partition coefficient (Wildman–Crippen LogP) is 4.02. The van der Waals surface area contributed by atoms with E-state index < -0.39 is 10.0 Å². The van der Waals surface area contributed by atoms with Crippen molar-refractivity contribution < 1.29 is 8.42 Å². The molecule has 2 aromatic carbocycles. The van der Waals surface area contributed by atoms with E-state index >= 15 is 0 Å². The van der Waals surface area contributed by atoms with Crippen molar-refractivity contribution in [1.82, 2.24) is 4.72 Å². The molecule has 0 spiro atoms. The number of benzene rings is 2. The molecule has 0 amide bonds. The molecular formula is C16H18BrNO2S. The second kappa shape index (κ2) is 7.20. The van der Waals surface area contributed by atoms with E-state index in [2.05, 4.69) is 20.7 Å². The Balaban J connectivity index is 2.10. The van der Waals surface area contributed by atoms with Gasteiger partial charge in [-0.1, -0.05) is 65.3 Å². The monoisotopic (exact) mass is 367 g/mol. The Morgan fingerprint density at radius 1 is 1.05 bits per heavy atom. The Morgan fingerprint density at radius 2 is 1.67 bits per heavy atom. The third-order valence-corrected chi connectivity index (χ3v) is 5.09. The summed E-state index contributed by atoms with van der Waals surface area (Å²) < 4.78 is 28.3. The Bertz CT molecular complexity index is 669. The minimum Gasteiger partial charge on any atom is -0.212 e. The predicted molar refractivity (Wildman–Crippen MR) is 89.4 cm³/mol. The molecule has 0 saturated carbocycles. The summed E-state index contributed by atoms with van der Waals surface area (Å²) in [7, 11) is -3.37. The lowest BCUT2D eigenvalue weighted by Gasteiger charge is -2.17. The highest BCUT2D eigenvalue weighted by atomic mass is 79.9. The van der Waals surface area contributed by atoms with Gasteiger partial charge in [0, 0.05) is 10.5 Å². The largest absolute Gasteiger partial charge is 0.216 e. The molecular weight excluding hydrogens is 350 g/mol. The molecule has 0 bridgehead atoms.